The maximum Gasteiger partial charge on any atom is 0.285 e. The van der Waals surface area contributed by atoms with Gasteiger partial charge in [-0.1, -0.05) is 19.1 Å². The zero-order chi connectivity index (χ0) is 13.5. The average Bonchev–Trinajstić information content (AvgIpc) is 2.36. The second-order valence-corrected chi connectivity index (χ2v) is 5.56. The van der Waals surface area contributed by atoms with E-state index in [1.165, 1.54) is 6.07 Å². The Hall–Kier alpha value is -1.27. The maximum atomic E-state index is 12.1. The summed E-state index contributed by atoms with van der Waals surface area (Å²) in [6, 6.07) is 6.27. The van der Waals surface area contributed by atoms with E-state index >= 15 is 0 Å². The van der Waals surface area contributed by atoms with Crippen LogP contribution in [0.15, 0.2) is 29.2 Å². The van der Waals surface area contributed by atoms with Crippen molar-refractivity contribution >= 4 is 16.5 Å². The summed E-state index contributed by atoms with van der Waals surface area (Å²) in [6.45, 7) is 4.84. The van der Waals surface area contributed by atoms with Gasteiger partial charge >= 0.3 is 0 Å². The van der Waals surface area contributed by atoms with Crippen molar-refractivity contribution in [3.63, 3.8) is 0 Å². The lowest BCUT2D eigenvalue weighted by molar-refractivity contribution is -0.387. The predicted octanol–water partition coefficient (Wildman–Crippen LogP) is 2.09. The summed E-state index contributed by atoms with van der Waals surface area (Å²) >= 11 is 0. The summed E-state index contributed by atoms with van der Waals surface area (Å²) in [6.07, 6.45) is 1.00. The lowest BCUT2D eigenvalue weighted by Crippen LogP contribution is -2.31. The minimum atomic E-state index is -1.35. The summed E-state index contributed by atoms with van der Waals surface area (Å²) in [4.78, 5) is 10.6. The van der Waals surface area contributed by atoms with Crippen molar-refractivity contribution in [2.24, 2.45) is 0 Å². The van der Waals surface area contributed by atoms with Gasteiger partial charge in [0.2, 0.25) is 0 Å². The molecule has 1 N–H and O–H groups in total. The van der Waals surface area contributed by atoms with E-state index in [-0.39, 0.29) is 11.7 Å². The normalized spacial score (nSPS) is 14.1. The van der Waals surface area contributed by atoms with Crippen LogP contribution in [-0.2, 0) is 10.8 Å². The van der Waals surface area contributed by atoms with Gasteiger partial charge in [-0.3, -0.25) is 14.3 Å². The van der Waals surface area contributed by atoms with Crippen LogP contribution in [-0.4, -0.2) is 27.5 Å². The van der Waals surface area contributed by atoms with Gasteiger partial charge < -0.3 is 5.32 Å². The molecular formula is C12H18N2O3S. The highest BCUT2D eigenvalue weighted by Gasteiger charge is 2.19. The van der Waals surface area contributed by atoms with Gasteiger partial charge in [0, 0.05) is 17.9 Å². The van der Waals surface area contributed by atoms with Crippen LogP contribution in [0.2, 0.25) is 0 Å². The first-order valence-electron chi connectivity index (χ1n) is 5.91. The Labute approximate surface area is 109 Å². The molecule has 0 fully saturated rings. The molecule has 100 valence electrons. The molecule has 18 heavy (non-hydrogen) atoms. The second kappa shape index (κ2) is 7.23. The number of nitrogens with one attached hydrogen (secondary N) is 1. The molecule has 1 aromatic rings. The van der Waals surface area contributed by atoms with E-state index in [1.54, 1.807) is 18.2 Å². The number of nitro benzene ring substituents is 1. The van der Waals surface area contributed by atoms with E-state index in [4.69, 9.17) is 0 Å². The van der Waals surface area contributed by atoms with Crippen molar-refractivity contribution in [3.05, 3.63) is 34.4 Å². The number of hydrogen-bond acceptors (Lipinski definition) is 4. The van der Waals surface area contributed by atoms with Crippen LogP contribution >= 0.6 is 0 Å². The monoisotopic (exact) mass is 270 g/mol. The number of nitrogens with zero attached hydrogens (tertiary/aromatic N) is 1. The van der Waals surface area contributed by atoms with Crippen LogP contribution in [0.1, 0.15) is 20.3 Å². The second-order valence-electron chi connectivity index (χ2n) is 4.09. The first-order valence-corrected chi connectivity index (χ1v) is 7.23. The summed E-state index contributed by atoms with van der Waals surface area (Å²) in [5, 5.41) is 14.1. The molecule has 2 unspecified atom stereocenters. The Morgan fingerprint density at radius 3 is 2.72 bits per heavy atom. The van der Waals surface area contributed by atoms with E-state index in [1.807, 2.05) is 6.92 Å². The van der Waals surface area contributed by atoms with Crippen LogP contribution < -0.4 is 5.32 Å². The van der Waals surface area contributed by atoms with Crippen molar-refractivity contribution in [1.29, 1.82) is 0 Å². The van der Waals surface area contributed by atoms with Crippen molar-refractivity contribution in [3.8, 4) is 0 Å². The molecule has 0 bridgehead atoms. The average molecular weight is 270 g/mol. The van der Waals surface area contributed by atoms with Gasteiger partial charge in [-0.05, 0) is 26.0 Å². The van der Waals surface area contributed by atoms with Gasteiger partial charge in [0.15, 0.2) is 0 Å². The van der Waals surface area contributed by atoms with E-state index in [2.05, 4.69) is 12.2 Å². The van der Waals surface area contributed by atoms with E-state index in [0.29, 0.717) is 10.6 Å². The molecule has 0 aliphatic rings. The van der Waals surface area contributed by atoms with E-state index in [9.17, 15) is 14.3 Å². The standard InChI is InChI=1S/C12H18N2O3S/c1-3-8-13-10(2)9-18(17)12-7-5-4-6-11(12)14(15)16/h4-7,10,13H,3,8-9H2,1-2H3. The molecule has 1 rings (SSSR count). The fourth-order valence-corrected chi connectivity index (χ4v) is 2.92. The Morgan fingerprint density at radius 2 is 2.11 bits per heavy atom. The van der Waals surface area contributed by atoms with Crippen molar-refractivity contribution < 1.29 is 9.13 Å². The van der Waals surface area contributed by atoms with Crippen molar-refractivity contribution in [2.45, 2.75) is 31.2 Å². The quantitative estimate of drug-likeness (QED) is 0.608. The first kappa shape index (κ1) is 14.8. The number of nitro groups is 1. The fraction of sp³-hybridized carbons (Fsp3) is 0.500. The molecular weight excluding hydrogens is 252 g/mol. The van der Waals surface area contributed by atoms with Gasteiger partial charge in [0.1, 0.15) is 4.90 Å². The van der Waals surface area contributed by atoms with Gasteiger partial charge in [0.05, 0.1) is 15.7 Å². The van der Waals surface area contributed by atoms with Gasteiger partial charge in [-0.25, -0.2) is 0 Å². The SMILES string of the molecule is CCCNC(C)CS(=O)c1ccccc1[N+](=O)[O-]. The van der Waals surface area contributed by atoms with Crippen LogP contribution in [0.25, 0.3) is 0 Å². The molecule has 6 heteroatoms. The van der Waals surface area contributed by atoms with E-state index < -0.39 is 15.7 Å². The minimum absolute atomic E-state index is 0.0708. The number of hydrogen-bond donors (Lipinski definition) is 1. The summed E-state index contributed by atoms with van der Waals surface area (Å²) in [5.41, 5.74) is -0.0708. The summed E-state index contributed by atoms with van der Waals surface area (Å²) < 4.78 is 12.1. The molecule has 0 aliphatic heterocycles. The highest BCUT2D eigenvalue weighted by atomic mass is 32.2. The maximum absolute atomic E-state index is 12.1. The molecule has 0 aliphatic carbocycles. The van der Waals surface area contributed by atoms with Crippen molar-refractivity contribution in [2.75, 3.05) is 12.3 Å². The molecule has 0 saturated heterocycles. The Bertz CT molecular complexity index is 437. The fourth-order valence-electron chi connectivity index (χ4n) is 1.57. The first-order chi connectivity index (χ1) is 8.56. The predicted molar refractivity (Wildman–Crippen MR) is 72.1 cm³/mol. The summed E-state index contributed by atoms with van der Waals surface area (Å²) in [7, 11) is -1.35. The molecule has 0 amide bonds. The van der Waals surface area contributed by atoms with Gasteiger partial charge in [0.25, 0.3) is 5.69 Å². The molecule has 1 aromatic carbocycles. The van der Waals surface area contributed by atoms with Crippen LogP contribution in [0.4, 0.5) is 5.69 Å². The zero-order valence-corrected chi connectivity index (χ0v) is 11.4. The molecule has 0 radical (unpaired) electrons. The van der Waals surface area contributed by atoms with Crippen molar-refractivity contribution in [1.82, 2.24) is 5.32 Å². The van der Waals surface area contributed by atoms with Gasteiger partial charge in [-0.15, -0.1) is 0 Å². The highest BCUT2D eigenvalue weighted by molar-refractivity contribution is 7.85. The van der Waals surface area contributed by atoms with Crippen LogP contribution in [0.5, 0.6) is 0 Å². The highest BCUT2D eigenvalue weighted by Crippen LogP contribution is 2.21. The smallest absolute Gasteiger partial charge is 0.285 e. The molecule has 0 aromatic heterocycles. The Morgan fingerprint density at radius 1 is 1.44 bits per heavy atom. The van der Waals surface area contributed by atoms with E-state index in [0.717, 1.165) is 13.0 Å². The molecule has 0 heterocycles. The van der Waals surface area contributed by atoms with Gasteiger partial charge in [-0.2, -0.15) is 0 Å². The number of para-hydroxylation sites is 1. The zero-order valence-electron chi connectivity index (χ0n) is 10.6. The topological polar surface area (TPSA) is 72.2 Å². The third-order valence-electron chi connectivity index (χ3n) is 2.45. The lowest BCUT2D eigenvalue weighted by atomic mass is 10.3. The largest absolute Gasteiger partial charge is 0.313 e. The van der Waals surface area contributed by atoms with Crippen LogP contribution in [0, 0.1) is 10.1 Å². The third kappa shape index (κ3) is 4.19. The summed E-state index contributed by atoms with van der Waals surface area (Å²) in [5.74, 6) is 0.380. The minimum Gasteiger partial charge on any atom is -0.313 e. The molecule has 2 atom stereocenters. The molecule has 0 saturated carbocycles. The van der Waals surface area contributed by atoms with Crippen LogP contribution in [0.3, 0.4) is 0 Å². The third-order valence-corrected chi connectivity index (χ3v) is 4.09. The Balaban J connectivity index is 2.75. The number of rotatable bonds is 7. The molecule has 5 nitrogen and oxygen atoms in total. The number of benzene rings is 1. The molecule has 0 spiro atoms. The lowest BCUT2D eigenvalue weighted by Gasteiger charge is -2.12. The Kier molecular flexibility index (Phi) is 5.94.